The lowest BCUT2D eigenvalue weighted by molar-refractivity contribution is 0.601. The molecule has 0 amide bonds. The van der Waals surface area contributed by atoms with Gasteiger partial charge in [0.2, 0.25) is 0 Å². The number of sulfonamides is 1. The third kappa shape index (κ3) is 4.65. The van der Waals surface area contributed by atoms with Crippen LogP contribution < -0.4 is 10.5 Å². The molecule has 4 nitrogen and oxygen atoms in total. The van der Waals surface area contributed by atoms with Gasteiger partial charge in [0, 0.05) is 15.7 Å². The number of nitrogens with two attached hydrogens (primary N) is 1. The minimum atomic E-state index is -3.59. The molecule has 110 valence electrons. The van der Waals surface area contributed by atoms with Crippen LogP contribution in [0.5, 0.6) is 0 Å². The van der Waals surface area contributed by atoms with Gasteiger partial charge in [-0.15, -0.1) is 0 Å². The van der Waals surface area contributed by atoms with Crippen LogP contribution in [-0.2, 0) is 16.4 Å². The van der Waals surface area contributed by atoms with E-state index in [-0.39, 0.29) is 4.90 Å². The van der Waals surface area contributed by atoms with Crippen molar-refractivity contribution in [3.8, 4) is 0 Å². The Morgan fingerprint density at radius 2 is 1.86 bits per heavy atom. The first kappa shape index (κ1) is 16.2. The molecule has 0 heterocycles. The van der Waals surface area contributed by atoms with Gasteiger partial charge < -0.3 is 5.73 Å². The number of benzene rings is 2. The maximum absolute atomic E-state index is 12.3. The van der Waals surface area contributed by atoms with E-state index >= 15 is 0 Å². The molecular formula is C14H13IN2O2S2. The van der Waals surface area contributed by atoms with Gasteiger partial charge in [-0.05, 0) is 58.5 Å². The third-order valence-corrected chi connectivity index (χ3v) is 4.90. The third-order valence-electron chi connectivity index (χ3n) is 2.69. The summed E-state index contributed by atoms with van der Waals surface area (Å²) in [6, 6.07) is 13.7. The van der Waals surface area contributed by atoms with Crippen LogP contribution in [0, 0.1) is 3.57 Å². The van der Waals surface area contributed by atoms with Gasteiger partial charge in [-0.1, -0.05) is 30.4 Å². The highest BCUT2D eigenvalue weighted by Gasteiger charge is 2.14. The average molecular weight is 432 g/mol. The van der Waals surface area contributed by atoms with Crippen LogP contribution in [0.15, 0.2) is 53.4 Å². The summed E-state index contributed by atoms with van der Waals surface area (Å²) >= 11 is 6.96. The van der Waals surface area contributed by atoms with Crippen molar-refractivity contribution in [2.24, 2.45) is 5.73 Å². The number of thiocarbonyl (C=S) groups is 1. The van der Waals surface area contributed by atoms with Gasteiger partial charge in [-0.25, -0.2) is 8.42 Å². The van der Waals surface area contributed by atoms with Crippen molar-refractivity contribution in [3.05, 3.63) is 57.7 Å². The molecule has 0 fully saturated rings. The summed E-state index contributed by atoms with van der Waals surface area (Å²) in [4.78, 5) is 0.579. The Kier molecular flexibility index (Phi) is 5.17. The average Bonchev–Trinajstić information content (AvgIpc) is 2.38. The molecule has 2 aromatic carbocycles. The maximum Gasteiger partial charge on any atom is 0.261 e. The second-order valence-corrected chi connectivity index (χ2v) is 7.86. The lowest BCUT2D eigenvalue weighted by atomic mass is 10.1. The smallest absolute Gasteiger partial charge is 0.261 e. The van der Waals surface area contributed by atoms with Gasteiger partial charge in [0.15, 0.2) is 0 Å². The highest BCUT2D eigenvalue weighted by atomic mass is 127. The zero-order chi connectivity index (χ0) is 15.5. The van der Waals surface area contributed by atoms with E-state index in [0.717, 1.165) is 9.13 Å². The Balaban J connectivity index is 2.21. The van der Waals surface area contributed by atoms with E-state index in [9.17, 15) is 8.42 Å². The lowest BCUT2D eigenvalue weighted by Gasteiger charge is -2.09. The Labute approximate surface area is 142 Å². The molecule has 0 unspecified atom stereocenters. The van der Waals surface area contributed by atoms with E-state index in [4.69, 9.17) is 18.0 Å². The summed E-state index contributed by atoms with van der Waals surface area (Å²) in [6.07, 6.45) is 0.458. The van der Waals surface area contributed by atoms with Crippen LogP contribution in [0.4, 0.5) is 5.69 Å². The minimum Gasteiger partial charge on any atom is -0.393 e. The zero-order valence-electron chi connectivity index (χ0n) is 10.9. The van der Waals surface area contributed by atoms with Gasteiger partial charge in [0.1, 0.15) is 0 Å². The molecule has 0 radical (unpaired) electrons. The molecule has 0 saturated carbocycles. The fraction of sp³-hybridized carbons (Fsp3) is 0.0714. The van der Waals surface area contributed by atoms with Crippen molar-refractivity contribution < 1.29 is 8.42 Å². The first-order chi connectivity index (χ1) is 9.87. The molecule has 0 aliphatic carbocycles. The van der Waals surface area contributed by atoms with Gasteiger partial charge in [-0.3, -0.25) is 4.72 Å². The Morgan fingerprint density at radius 3 is 2.43 bits per heavy atom. The summed E-state index contributed by atoms with van der Waals surface area (Å²) in [5, 5.41) is 0. The van der Waals surface area contributed by atoms with E-state index in [0.29, 0.717) is 17.1 Å². The quantitative estimate of drug-likeness (QED) is 0.563. The fourth-order valence-corrected chi connectivity index (χ4v) is 3.51. The predicted octanol–water partition coefficient (Wildman–Crippen LogP) is 2.92. The molecule has 3 N–H and O–H groups in total. The molecule has 0 bridgehead atoms. The van der Waals surface area contributed by atoms with Crippen molar-refractivity contribution >= 4 is 55.5 Å². The first-order valence-electron chi connectivity index (χ1n) is 6.02. The van der Waals surface area contributed by atoms with Crippen molar-refractivity contribution in [3.63, 3.8) is 0 Å². The van der Waals surface area contributed by atoms with Crippen molar-refractivity contribution in [1.29, 1.82) is 0 Å². The van der Waals surface area contributed by atoms with E-state index in [2.05, 4.69) is 27.3 Å². The highest BCUT2D eigenvalue weighted by molar-refractivity contribution is 14.1. The summed E-state index contributed by atoms with van der Waals surface area (Å²) < 4.78 is 28.1. The number of anilines is 1. The van der Waals surface area contributed by atoms with E-state index in [1.165, 1.54) is 0 Å². The van der Waals surface area contributed by atoms with Crippen molar-refractivity contribution in [2.45, 2.75) is 11.3 Å². The van der Waals surface area contributed by atoms with Gasteiger partial charge in [0.25, 0.3) is 10.0 Å². The van der Waals surface area contributed by atoms with Crippen LogP contribution in [0.25, 0.3) is 0 Å². The lowest BCUT2D eigenvalue weighted by Crippen LogP contribution is -2.14. The molecule has 0 aromatic heterocycles. The number of hydrogen-bond donors (Lipinski definition) is 2. The molecule has 2 aromatic rings. The predicted molar refractivity (Wildman–Crippen MR) is 96.9 cm³/mol. The standard InChI is InChI=1S/C14H13IN2O2S2/c15-11-2-1-3-12(9-11)17-21(18,19)13-6-4-10(5-7-13)8-14(16)20/h1-7,9,17H,8H2,(H2,16,20). The number of rotatable bonds is 5. The minimum absolute atomic E-state index is 0.202. The summed E-state index contributed by atoms with van der Waals surface area (Å²) in [5.41, 5.74) is 6.89. The van der Waals surface area contributed by atoms with Crippen LogP contribution in [-0.4, -0.2) is 13.4 Å². The van der Waals surface area contributed by atoms with E-state index in [1.807, 2.05) is 6.07 Å². The van der Waals surface area contributed by atoms with Crippen molar-refractivity contribution in [1.82, 2.24) is 0 Å². The van der Waals surface area contributed by atoms with E-state index < -0.39 is 10.0 Å². The molecule has 2 rings (SSSR count). The Bertz CT molecular complexity index is 759. The second-order valence-electron chi connectivity index (χ2n) is 4.40. The number of nitrogens with one attached hydrogen (secondary N) is 1. The Morgan fingerprint density at radius 1 is 1.19 bits per heavy atom. The SMILES string of the molecule is NC(=S)Cc1ccc(S(=O)(=O)Nc2cccc(I)c2)cc1. The second kappa shape index (κ2) is 6.71. The first-order valence-corrected chi connectivity index (χ1v) is 8.99. The molecule has 7 heteroatoms. The number of halogens is 1. The molecule has 0 aliphatic rings. The molecule has 0 aliphatic heterocycles. The normalized spacial score (nSPS) is 11.1. The summed E-state index contributed by atoms with van der Waals surface area (Å²) in [7, 11) is -3.59. The molecule has 0 saturated heterocycles. The molecule has 0 atom stereocenters. The fourth-order valence-electron chi connectivity index (χ4n) is 1.75. The monoisotopic (exact) mass is 432 g/mol. The van der Waals surface area contributed by atoms with Gasteiger partial charge in [-0.2, -0.15) is 0 Å². The molecule has 21 heavy (non-hydrogen) atoms. The molecular weight excluding hydrogens is 419 g/mol. The van der Waals surface area contributed by atoms with Crippen LogP contribution in [0.2, 0.25) is 0 Å². The van der Waals surface area contributed by atoms with Gasteiger partial charge in [0.05, 0.1) is 9.88 Å². The molecule has 0 spiro atoms. The Hall–Kier alpha value is -1.19. The highest BCUT2D eigenvalue weighted by Crippen LogP contribution is 2.18. The van der Waals surface area contributed by atoms with Crippen LogP contribution in [0.3, 0.4) is 0 Å². The largest absolute Gasteiger partial charge is 0.393 e. The maximum atomic E-state index is 12.3. The van der Waals surface area contributed by atoms with E-state index in [1.54, 1.807) is 42.5 Å². The van der Waals surface area contributed by atoms with Crippen LogP contribution in [0.1, 0.15) is 5.56 Å². The number of hydrogen-bond acceptors (Lipinski definition) is 3. The van der Waals surface area contributed by atoms with Crippen molar-refractivity contribution in [2.75, 3.05) is 4.72 Å². The van der Waals surface area contributed by atoms with Gasteiger partial charge >= 0.3 is 0 Å². The summed E-state index contributed by atoms with van der Waals surface area (Å²) in [5.74, 6) is 0. The topological polar surface area (TPSA) is 72.2 Å². The summed E-state index contributed by atoms with van der Waals surface area (Å²) in [6.45, 7) is 0. The van der Waals surface area contributed by atoms with Crippen LogP contribution >= 0.6 is 34.8 Å². The zero-order valence-corrected chi connectivity index (χ0v) is 14.7.